The molecule has 9 heteroatoms. The molecule has 0 bridgehead atoms. The molecule has 1 saturated carbocycles. The number of hydrogen-bond acceptors (Lipinski definition) is 5. The number of nitrogens with one attached hydrogen (secondary N) is 1. The predicted octanol–water partition coefficient (Wildman–Crippen LogP) is 4.21. The number of fused-ring (bicyclic) bond motifs is 1. The minimum Gasteiger partial charge on any atom is -0.379 e. The second kappa shape index (κ2) is 10.7. The molecule has 0 aromatic carbocycles. The highest BCUT2D eigenvalue weighted by Crippen LogP contribution is 2.46. The molecule has 3 aliphatic rings. The van der Waals surface area contributed by atoms with Crippen molar-refractivity contribution in [3.63, 3.8) is 0 Å². The first-order chi connectivity index (χ1) is 16.6. The Kier molecular flexibility index (Phi) is 8.08. The van der Waals surface area contributed by atoms with E-state index in [9.17, 15) is 18.0 Å². The average molecular weight is 498 g/mol. The number of hydrogen-bond donors (Lipinski definition) is 1. The molecule has 0 radical (unpaired) electrons. The van der Waals surface area contributed by atoms with Crippen LogP contribution in [0.4, 0.5) is 13.2 Å². The summed E-state index contributed by atoms with van der Waals surface area (Å²) < 4.78 is 51.0. The lowest BCUT2D eigenvalue weighted by Crippen LogP contribution is -2.48. The fraction of sp³-hybridized carbons (Fsp3) is 0.769. The van der Waals surface area contributed by atoms with Crippen molar-refractivity contribution in [3.8, 4) is 0 Å². The monoisotopic (exact) mass is 497 g/mol. The van der Waals surface area contributed by atoms with E-state index in [1.807, 2.05) is 6.92 Å². The number of halogens is 3. The standard InChI is InChI=1S/C26H38F3N3O3/c1-4-35-23-16-34-10-7-18(23)13-30-21-5-8-25(12-21,17(2)3)24(33)32-9-6-22-19(15-32)11-20(14-31-22)26(27,28)29/h11,14,17-18,21,23,30H,4-10,12-13,15-16H2,1-3H3/t18-,21-,23+,25+/m1/s1. The normalized spacial score (nSPS) is 29.5. The number of nitrogens with zero attached hydrogens (tertiary/aromatic N) is 2. The zero-order valence-corrected chi connectivity index (χ0v) is 21.0. The molecule has 2 fully saturated rings. The van der Waals surface area contributed by atoms with Gasteiger partial charge in [0.05, 0.1) is 23.7 Å². The summed E-state index contributed by atoms with van der Waals surface area (Å²) in [7, 11) is 0. The molecule has 1 aromatic heterocycles. The van der Waals surface area contributed by atoms with Gasteiger partial charge in [-0.15, -0.1) is 0 Å². The molecule has 4 atom stereocenters. The van der Waals surface area contributed by atoms with Crippen molar-refractivity contribution in [1.82, 2.24) is 15.2 Å². The molecule has 1 saturated heterocycles. The Bertz CT molecular complexity index is 892. The highest BCUT2D eigenvalue weighted by Gasteiger charge is 2.49. The van der Waals surface area contributed by atoms with Gasteiger partial charge < -0.3 is 19.7 Å². The lowest BCUT2D eigenvalue weighted by atomic mass is 9.74. The van der Waals surface area contributed by atoms with E-state index in [2.05, 4.69) is 24.1 Å². The lowest BCUT2D eigenvalue weighted by molar-refractivity contribution is -0.146. The topological polar surface area (TPSA) is 63.7 Å². The Morgan fingerprint density at radius 2 is 2.17 bits per heavy atom. The number of amides is 1. The summed E-state index contributed by atoms with van der Waals surface area (Å²) in [6, 6.07) is 1.40. The molecule has 1 aromatic rings. The Hall–Kier alpha value is -1.71. The van der Waals surface area contributed by atoms with Crippen LogP contribution >= 0.6 is 0 Å². The average Bonchev–Trinajstić information content (AvgIpc) is 3.28. The maximum absolute atomic E-state index is 13.9. The summed E-state index contributed by atoms with van der Waals surface area (Å²) in [6.07, 6.45) is 0.442. The van der Waals surface area contributed by atoms with Crippen LogP contribution in [0.25, 0.3) is 0 Å². The van der Waals surface area contributed by atoms with Crippen LogP contribution in [0.15, 0.2) is 12.3 Å². The molecule has 3 heterocycles. The van der Waals surface area contributed by atoms with Gasteiger partial charge in [-0.05, 0) is 50.2 Å². The summed E-state index contributed by atoms with van der Waals surface area (Å²) in [5.74, 6) is 0.600. The third kappa shape index (κ3) is 5.67. The van der Waals surface area contributed by atoms with Crippen LogP contribution in [0.5, 0.6) is 0 Å². The fourth-order valence-electron chi connectivity index (χ4n) is 5.99. The molecule has 1 N–H and O–H groups in total. The third-order valence-electron chi connectivity index (χ3n) is 8.23. The second-order valence-corrected chi connectivity index (χ2v) is 10.6. The van der Waals surface area contributed by atoms with Crippen LogP contribution in [0.2, 0.25) is 0 Å². The number of carbonyl (C=O) groups is 1. The van der Waals surface area contributed by atoms with Gasteiger partial charge in [-0.25, -0.2) is 0 Å². The molecule has 1 aliphatic carbocycles. The van der Waals surface area contributed by atoms with Crippen LogP contribution in [-0.4, -0.2) is 60.8 Å². The largest absolute Gasteiger partial charge is 0.417 e. The molecule has 196 valence electrons. The van der Waals surface area contributed by atoms with Gasteiger partial charge >= 0.3 is 6.18 Å². The minimum atomic E-state index is -4.44. The molecule has 0 unspecified atom stereocenters. The minimum absolute atomic E-state index is 0.0677. The summed E-state index contributed by atoms with van der Waals surface area (Å²) in [5, 5.41) is 3.71. The van der Waals surface area contributed by atoms with E-state index in [1.54, 1.807) is 4.90 Å². The molecule has 4 rings (SSSR count). The van der Waals surface area contributed by atoms with Crippen molar-refractivity contribution < 1.29 is 27.4 Å². The van der Waals surface area contributed by atoms with Crippen LogP contribution < -0.4 is 5.32 Å². The van der Waals surface area contributed by atoms with Crippen molar-refractivity contribution in [3.05, 3.63) is 29.1 Å². The van der Waals surface area contributed by atoms with Gasteiger partial charge in [0.15, 0.2) is 0 Å². The van der Waals surface area contributed by atoms with Crippen LogP contribution in [0.1, 0.15) is 63.3 Å². The number of ether oxygens (including phenoxy) is 2. The Balaban J connectivity index is 1.42. The summed E-state index contributed by atoms with van der Waals surface area (Å²) in [4.78, 5) is 19.7. The van der Waals surface area contributed by atoms with Gasteiger partial charge in [-0.1, -0.05) is 13.8 Å². The van der Waals surface area contributed by atoms with E-state index in [0.717, 1.165) is 51.1 Å². The molecule has 0 spiro atoms. The van der Waals surface area contributed by atoms with Gasteiger partial charge in [0.2, 0.25) is 5.91 Å². The first kappa shape index (κ1) is 26.4. The van der Waals surface area contributed by atoms with E-state index < -0.39 is 17.2 Å². The number of rotatable bonds is 7. The van der Waals surface area contributed by atoms with Crippen molar-refractivity contribution in [1.29, 1.82) is 0 Å². The van der Waals surface area contributed by atoms with Crippen LogP contribution in [0, 0.1) is 17.3 Å². The molecule has 1 amide bonds. The van der Waals surface area contributed by atoms with Crippen LogP contribution in [-0.2, 0) is 33.4 Å². The highest BCUT2D eigenvalue weighted by atomic mass is 19.4. The number of pyridine rings is 1. The molecule has 6 nitrogen and oxygen atoms in total. The number of alkyl halides is 3. The maximum Gasteiger partial charge on any atom is 0.417 e. The summed E-state index contributed by atoms with van der Waals surface area (Å²) in [6.45, 7) is 9.73. The van der Waals surface area contributed by atoms with Gasteiger partial charge in [0.1, 0.15) is 0 Å². The Morgan fingerprint density at radius 3 is 2.89 bits per heavy atom. The summed E-state index contributed by atoms with van der Waals surface area (Å²) in [5.41, 5.74) is -0.0914. The lowest BCUT2D eigenvalue weighted by Gasteiger charge is -2.39. The Labute approximate surface area is 205 Å². The molecule has 35 heavy (non-hydrogen) atoms. The van der Waals surface area contributed by atoms with E-state index in [4.69, 9.17) is 9.47 Å². The van der Waals surface area contributed by atoms with Gasteiger partial charge in [-0.2, -0.15) is 13.2 Å². The van der Waals surface area contributed by atoms with Crippen molar-refractivity contribution >= 4 is 5.91 Å². The zero-order valence-electron chi connectivity index (χ0n) is 21.0. The molecular formula is C26H38F3N3O3. The zero-order chi connectivity index (χ0) is 25.2. The van der Waals surface area contributed by atoms with Gasteiger partial charge in [-0.3, -0.25) is 9.78 Å². The number of aromatic nitrogens is 1. The number of carbonyl (C=O) groups excluding carboxylic acids is 1. The fourth-order valence-corrected chi connectivity index (χ4v) is 5.99. The van der Waals surface area contributed by atoms with E-state index >= 15 is 0 Å². The van der Waals surface area contributed by atoms with Crippen LogP contribution in [0.3, 0.4) is 0 Å². The second-order valence-electron chi connectivity index (χ2n) is 10.6. The molecule has 2 aliphatic heterocycles. The van der Waals surface area contributed by atoms with Crippen molar-refractivity contribution in [2.45, 2.75) is 77.7 Å². The van der Waals surface area contributed by atoms with Gasteiger partial charge in [0, 0.05) is 63.1 Å². The van der Waals surface area contributed by atoms with E-state index in [1.165, 1.54) is 0 Å². The highest BCUT2D eigenvalue weighted by molar-refractivity contribution is 5.83. The van der Waals surface area contributed by atoms with Crippen molar-refractivity contribution in [2.24, 2.45) is 17.3 Å². The third-order valence-corrected chi connectivity index (χ3v) is 8.23. The summed E-state index contributed by atoms with van der Waals surface area (Å²) >= 11 is 0. The van der Waals surface area contributed by atoms with E-state index in [0.29, 0.717) is 43.4 Å². The quantitative estimate of drug-likeness (QED) is 0.612. The maximum atomic E-state index is 13.9. The van der Waals surface area contributed by atoms with E-state index in [-0.39, 0.29) is 30.5 Å². The SMILES string of the molecule is CCO[C@H]1COCC[C@@H]1CN[C@@H]1CC[C@@](C(=O)N2CCc3ncc(C(F)(F)F)cc3C2)(C(C)C)C1. The van der Waals surface area contributed by atoms with Crippen molar-refractivity contribution in [2.75, 3.05) is 32.9 Å². The predicted molar refractivity (Wildman–Crippen MR) is 126 cm³/mol. The first-order valence-electron chi connectivity index (χ1n) is 12.9. The van der Waals surface area contributed by atoms with Gasteiger partial charge in [0.25, 0.3) is 0 Å². The Morgan fingerprint density at radius 1 is 1.37 bits per heavy atom. The smallest absolute Gasteiger partial charge is 0.379 e. The molecular weight excluding hydrogens is 459 g/mol. The first-order valence-corrected chi connectivity index (χ1v) is 12.9.